The van der Waals surface area contributed by atoms with Crippen molar-refractivity contribution in [2.75, 3.05) is 52.5 Å². The van der Waals surface area contributed by atoms with Gasteiger partial charge in [-0.15, -0.1) is 0 Å². The number of aliphatic hydroxyl groups is 2. The van der Waals surface area contributed by atoms with Crippen molar-refractivity contribution < 1.29 is 38.0 Å². The number of piperazine rings is 1. The van der Waals surface area contributed by atoms with Crippen LogP contribution >= 0.6 is 0 Å². The molecule has 240 valence electrons. The molecule has 0 saturated carbocycles. The van der Waals surface area contributed by atoms with Gasteiger partial charge in [0.15, 0.2) is 0 Å². The Bertz CT molecular complexity index is 1250. The van der Waals surface area contributed by atoms with E-state index in [1.54, 1.807) is 16.4 Å². The van der Waals surface area contributed by atoms with E-state index in [1.807, 2.05) is 12.1 Å². The summed E-state index contributed by atoms with van der Waals surface area (Å²) >= 11 is 0. The third-order valence-corrected chi connectivity index (χ3v) is 9.27. The number of carbonyl (C=O) groups excluding carboxylic acids is 1. The molecular weight excluding hydrogens is 574 g/mol. The quantitative estimate of drug-likeness (QED) is 0.0897. The second-order valence-electron chi connectivity index (χ2n) is 10.7. The van der Waals surface area contributed by atoms with Gasteiger partial charge in [-0.25, -0.2) is 8.42 Å². The Kier molecular flexibility index (Phi) is 14.8. The number of hydrogen-bond acceptors (Lipinski definition) is 10. The molecule has 1 atom stereocenters. The summed E-state index contributed by atoms with van der Waals surface area (Å²) in [5.41, 5.74) is 1.42. The van der Waals surface area contributed by atoms with Crippen molar-refractivity contribution in [2.24, 2.45) is 0 Å². The number of ether oxygens (including phenoxy) is 2. The zero-order valence-corrected chi connectivity index (χ0v) is 25.9. The SMILES string of the molecule is CC(=O)Oc1c([C@@H](O)CNCCCCCCOCCCCc2cccc(S(=O)(=O)N3CCNCC3)c2)ccc(O)c1CO. The molecule has 1 aliphatic heterocycles. The van der Waals surface area contributed by atoms with E-state index >= 15 is 0 Å². The van der Waals surface area contributed by atoms with E-state index in [2.05, 4.69) is 10.6 Å². The average molecular weight is 622 g/mol. The molecule has 0 unspecified atom stereocenters. The van der Waals surface area contributed by atoms with E-state index in [1.165, 1.54) is 19.1 Å². The number of esters is 1. The largest absolute Gasteiger partial charge is 0.507 e. The lowest BCUT2D eigenvalue weighted by molar-refractivity contribution is -0.132. The minimum atomic E-state index is -3.44. The van der Waals surface area contributed by atoms with Gasteiger partial charge in [0.2, 0.25) is 10.0 Å². The van der Waals surface area contributed by atoms with E-state index < -0.39 is 28.7 Å². The first-order valence-corrected chi connectivity index (χ1v) is 16.6. The fourth-order valence-corrected chi connectivity index (χ4v) is 6.51. The molecule has 0 bridgehead atoms. The maximum atomic E-state index is 12.9. The van der Waals surface area contributed by atoms with E-state index in [9.17, 15) is 28.5 Å². The van der Waals surface area contributed by atoms with Crippen molar-refractivity contribution in [1.29, 1.82) is 0 Å². The number of sulfonamides is 1. The van der Waals surface area contributed by atoms with Gasteiger partial charge >= 0.3 is 5.97 Å². The summed E-state index contributed by atoms with van der Waals surface area (Å²) in [5, 5.41) is 36.4. The molecule has 2 aromatic carbocycles. The van der Waals surface area contributed by atoms with Gasteiger partial charge in [-0.05, 0) is 68.5 Å². The molecule has 2 aromatic rings. The molecule has 1 aliphatic rings. The third kappa shape index (κ3) is 11.1. The number of phenols is 1. The van der Waals surface area contributed by atoms with Crippen LogP contribution in [0.5, 0.6) is 11.5 Å². The lowest BCUT2D eigenvalue weighted by Crippen LogP contribution is -2.46. The van der Waals surface area contributed by atoms with Crippen molar-refractivity contribution in [3.63, 3.8) is 0 Å². The molecule has 1 heterocycles. The Morgan fingerprint density at radius 3 is 2.49 bits per heavy atom. The van der Waals surface area contributed by atoms with Crippen molar-refractivity contribution in [3.8, 4) is 11.5 Å². The Morgan fingerprint density at radius 1 is 1.05 bits per heavy atom. The topological polar surface area (TPSA) is 158 Å². The monoisotopic (exact) mass is 621 g/mol. The standard InChI is InChI=1S/C31H47N3O8S/c1-24(36)42-31-27(12-13-29(37)28(31)23-35)30(38)22-33-14-5-2-3-6-19-41-20-7-4-9-25-10-8-11-26(21-25)43(39,40)34-17-15-32-16-18-34/h8,10-13,21,30,32-33,35,37-38H,2-7,9,14-20,22-23H2,1H3/t30-/m0/s1. The van der Waals surface area contributed by atoms with Crippen molar-refractivity contribution in [3.05, 3.63) is 53.1 Å². The number of rotatable bonds is 19. The lowest BCUT2D eigenvalue weighted by Gasteiger charge is -2.26. The molecule has 0 aliphatic carbocycles. The second-order valence-corrected chi connectivity index (χ2v) is 12.7. The van der Waals surface area contributed by atoms with E-state index in [4.69, 9.17) is 9.47 Å². The zero-order chi connectivity index (χ0) is 31.1. The van der Waals surface area contributed by atoms with Gasteiger partial charge in [-0.3, -0.25) is 4.79 Å². The van der Waals surface area contributed by atoms with E-state index in [0.717, 1.165) is 50.5 Å². The van der Waals surface area contributed by atoms with Crippen molar-refractivity contribution >= 4 is 16.0 Å². The average Bonchev–Trinajstić information content (AvgIpc) is 3.00. The number of unbranched alkanes of at least 4 members (excludes halogenated alkanes) is 4. The van der Waals surface area contributed by atoms with Crippen LogP contribution in [0, 0.1) is 0 Å². The number of carbonyl (C=O) groups is 1. The molecule has 1 saturated heterocycles. The summed E-state index contributed by atoms with van der Waals surface area (Å²) in [6.07, 6.45) is 5.66. The van der Waals surface area contributed by atoms with Crippen LogP contribution in [0.3, 0.4) is 0 Å². The highest BCUT2D eigenvalue weighted by Crippen LogP contribution is 2.35. The third-order valence-electron chi connectivity index (χ3n) is 7.38. The van der Waals surface area contributed by atoms with Crippen LogP contribution in [0.2, 0.25) is 0 Å². The van der Waals surface area contributed by atoms with Crippen LogP contribution in [0.1, 0.15) is 68.2 Å². The van der Waals surface area contributed by atoms with Gasteiger partial charge in [0.05, 0.1) is 23.2 Å². The van der Waals surface area contributed by atoms with Gasteiger partial charge in [0.1, 0.15) is 11.5 Å². The summed E-state index contributed by atoms with van der Waals surface area (Å²) in [5.74, 6) is -0.809. The number of aryl methyl sites for hydroxylation is 1. The second kappa shape index (κ2) is 18.3. The maximum absolute atomic E-state index is 12.9. The van der Waals surface area contributed by atoms with Gasteiger partial charge < -0.3 is 35.4 Å². The van der Waals surface area contributed by atoms with Crippen LogP contribution in [0.25, 0.3) is 0 Å². The van der Waals surface area contributed by atoms with Gasteiger partial charge in [-0.1, -0.05) is 25.0 Å². The fraction of sp³-hybridized carbons (Fsp3) is 0.581. The lowest BCUT2D eigenvalue weighted by atomic mass is 10.0. The van der Waals surface area contributed by atoms with Crippen LogP contribution < -0.4 is 15.4 Å². The first kappa shape index (κ1) is 34.9. The Hall–Kier alpha value is -2.58. The normalized spacial score (nSPS) is 15.0. The molecule has 11 nitrogen and oxygen atoms in total. The molecule has 1 fully saturated rings. The first-order chi connectivity index (χ1) is 20.7. The molecule has 43 heavy (non-hydrogen) atoms. The highest BCUT2D eigenvalue weighted by Gasteiger charge is 2.26. The molecule has 0 spiro atoms. The number of nitrogens with one attached hydrogen (secondary N) is 2. The minimum absolute atomic E-state index is 0.00434. The summed E-state index contributed by atoms with van der Waals surface area (Å²) in [7, 11) is -3.44. The summed E-state index contributed by atoms with van der Waals surface area (Å²) in [6, 6.07) is 10.1. The Labute approximate surface area is 255 Å². The number of aliphatic hydroxyl groups excluding tert-OH is 2. The molecule has 0 aromatic heterocycles. The number of benzene rings is 2. The molecule has 3 rings (SSSR count). The number of aromatic hydroxyl groups is 1. The number of hydrogen-bond donors (Lipinski definition) is 5. The Morgan fingerprint density at radius 2 is 1.77 bits per heavy atom. The summed E-state index contributed by atoms with van der Waals surface area (Å²) in [6.45, 7) is 5.40. The Balaban J connectivity index is 1.23. The maximum Gasteiger partial charge on any atom is 0.308 e. The predicted molar refractivity (Wildman–Crippen MR) is 163 cm³/mol. The highest BCUT2D eigenvalue weighted by atomic mass is 32.2. The van der Waals surface area contributed by atoms with Gasteiger partial charge in [-0.2, -0.15) is 4.31 Å². The van der Waals surface area contributed by atoms with Crippen LogP contribution in [-0.4, -0.2) is 86.5 Å². The molecule has 5 N–H and O–H groups in total. The zero-order valence-electron chi connectivity index (χ0n) is 25.1. The summed E-state index contributed by atoms with van der Waals surface area (Å²) < 4.78 is 38.3. The van der Waals surface area contributed by atoms with E-state index in [-0.39, 0.29) is 23.6 Å². The molecular formula is C31H47N3O8S. The minimum Gasteiger partial charge on any atom is -0.507 e. The van der Waals surface area contributed by atoms with Crippen LogP contribution in [0.4, 0.5) is 0 Å². The smallest absolute Gasteiger partial charge is 0.308 e. The summed E-state index contributed by atoms with van der Waals surface area (Å²) in [4.78, 5) is 11.8. The van der Waals surface area contributed by atoms with Gasteiger partial charge in [0.25, 0.3) is 0 Å². The fourth-order valence-electron chi connectivity index (χ4n) is 5.00. The highest BCUT2D eigenvalue weighted by molar-refractivity contribution is 7.89. The molecule has 0 radical (unpaired) electrons. The number of nitrogens with zero attached hydrogens (tertiary/aromatic N) is 1. The van der Waals surface area contributed by atoms with Crippen LogP contribution in [0.15, 0.2) is 41.3 Å². The first-order valence-electron chi connectivity index (χ1n) is 15.1. The van der Waals surface area contributed by atoms with Crippen molar-refractivity contribution in [2.45, 2.75) is 69.5 Å². The van der Waals surface area contributed by atoms with Gasteiger partial charge in [0, 0.05) is 58.4 Å². The predicted octanol–water partition coefficient (Wildman–Crippen LogP) is 2.63. The molecule has 12 heteroatoms. The van der Waals surface area contributed by atoms with Crippen LogP contribution in [-0.2, 0) is 32.6 Å². The van der Waals surface area contributed by atoms with Crippen molar-refractivity contribution in [1.82, 2.24) is 14.9 Å². The van der Waals surface area contributed by atoms with E-state index in [0.29, 0.717) is 56.4 Å². The molecule has 0 amide bonds.